The number of rotatable bonds is 4. The molecule has 0 spiro atoms. The predicted octanol–water partition coefficient (Wildman–Crippen LogP) is -0.689. The molecule has 2 N–H and O–H groups in total. The van der Waals surface area contributed by atoms with Gasteiger partial charge in [-0.05, 0) is 6.42 Å². The normalized spacial score (nSPS) is 21.1. The van der Waals surface area contributed by atoms with Gasteiger partial charge in [0, 0.05) is 26.1 Å². The second-order valence-corrected chi connectivity index (χ2v) is 3.11. The van der Waals surface area contributed by atoms with Gasteiger partial charge in [0.1, 0.15) is 5.16 Å². The zero-order valence-electron chi connectivity index (χ0n) is 8.43. The Hall–Kier alpha value is -1.57. The Morgan fingerprint density at radius 1 is 1.80 bits per heavy atom. The van der Waals surface area contributed by atoms with E-state index in [1.54, 1.807) is 7.05 Å². The molecule has 1 unspecified atom stereocenters. The summed E-state index contributed by atoms with van der Waals surface area (Å²) in [5.41, 5.74) is 0. The van der Waals surface area contributed by atoms with Crippen molar-refractivity contribution in [3.05, 3.63) is 10.1 Å². The Balaban J connectivity index is 2.26. The van der Waals surface area contributed by atoms with Gasteiger partial charge in [-0.2, -0.15) is 4.94 Å². The average molecular weight is 218 g/mol. The summed E-state index contributed by atoms with van der Waals surface area (Å²) in [4.78, 5) is 13.7. The minimum absolute atomic E-state index is 0.235. The van der Waals surface area contributed by atoms with E-state index in [9.17, 15) is 10.1 Å². The van der Waals surface area contributed by atoms with E-state index in [-0.39, 0.29) is 5.96 Å². The lowest BCUT2D eigenvalue weighted by atomic mass is 10.1. The summed E-state index contributed by atoms with van der Waals surface area (Å²) >= 11 is 0. The molecule has 8 nitrogen and oxygen atoms in total. The van der Waals surface area contributed by atoms with Crippen LogP contribution in [0.1, 0.15) is 6.42 Å². The van der Waals surface area contributed by atoms with Crippen LogP contribution in [0.15, 0.2) is 5.16 Å². The standard InChI is InChI=1S/C7H14N4O4/c1-8-7(10-15-11(12)13)9-4-6-2-3-14-5-6/h6H,2-5H2,1H3,(H2,8,9,10). The van der Waals surface area contributed by atoms with E-state index >= 15 is 0 Å². The molecule has 1 saturated heterocycles. The second kappa shape index (κ2) is 6.02. The van der Waals surface area contributed by atoms with E-state index < -0.39 is 5.09 Å². The first-order chi connectivity index (χ1) is 7.22. The Labute approximate surface area is 86.7 Å². The Bertz CT molecular complexity index is 239. The van der Waals surface area contributed by atoms with Crippen LogP contribution < -0.4 is 10.6 Å². The molecule has 0 amide bonds. The van der Waals surface area contributed by atoms with Gasteiger partial charge in [-0.25, -0.2) is 10.1 Å². The number of ether oxygens (including phenoxy) is 1. The third-order valence-electron chi connectivity index (χ3n) is 2.02. The van der Waals surface area contributed by atoms with E-state index in [0.29, 0.717) is 19.1 Å². The van der Waals surface area contributed by atoms with Crippen molar-refractivity contribution in [1.82, 2.24) is 10.6 Å². The van der Waals surface area contributed by atoms with Gasteiger partial charge < -0.3 is 15.4 Å². The van der Waals surface area contributed by atoms with Crippen molar-refractivity contribution in [1.29, 1.82) is 0 Å². The minimum Gasteiger partial charge on any atom is -0.381 e. The van der Waals surface area contributed by atoms with Crippen LogP contribution in [-0.2, 0) is 9.68 Å². The fourth-order valence-electron chi connectivity index (χ4n) is 1.23. The minimum atomic E-state index is -0.975. The molecule has 0 radical (unpaired) electrons. The molecule has 86 valence electrons. The smallest absolute Gasteiger partial charge is 0.343 e. The van der Waals surface area contributed by atoms with Gasteiger partial charge in [-0.15, -0.1) is 0 Å². The summed E-state index contributed by atoms with van der Waals surface area (Å²) in [6.45, 7) is 2.13. The van der Waals surface area contributed by atoms with Gasteiger partial charge in [0.05, 0.1) is 6.61 Å². The topological polar surface area (TPSA) is 98.0 Å². The SMILES string of the molecule is CNC(=NO[N+](=O)[O-])NCC1CCOC1. The van der Waals surface area contributed by atoms with Gasteiger partial charge in [-0.3, -0.25) is 0 Å². The highest BCUT2D eigenvalue weighted by atomic mass is 17.0. The molecule has 1 fully saturated rings. The fraction of sp³-hybridized carbons (Fsp3) is 0.857. The molecule has 1 rings (SSSR count). The van der Waals surface area contributed by atoms with Gasteiger partial charge in [0.15, 0.2) is 5.09 Å². The van der Waals surface area contributed by atoms with Crippen LogP contribution in [0.2, 0.25) is 0 Å². The fourth-order valence-corrected chi connectivity index (χ4v) is 1.23. The number of nitrogens with one attached hydrogen (secondary N) is 2. The van der Waals surface area contributed by atoms with Crippen LogP contribution in [0.4, 0.5) is 0 Å². The summed E-state index contributed by atoms with van der Waals surface area (Å²) in [5, 5.41) is 17.7. The van der Waals surface area contributed by atoms with Crippen LogP contribution in [0.25, 0.3) is 0 Å². The third kappa shape index (κ3) is 4.45. The third-order valence-corrected chi connectivity index (χ3v) is 2.02. The molecule has 1 aliphatic heterocycles. The van der Waals surface area contributed by atoms with Crippen LogP contribution in [0, 0.1) is 16.0 Å². The van der Waals surface area contributed by atoms with E-state index in [0.717, 1.165) is 13.0 Å². The van der Waals surface area contributed by atoms with Crippen LogP contribution >= 0.6 is 0 Å². The highest BCUT2D eigenvalue weighted by Gasteiger charge is 2.16. The van der Waals surface area contributed by atoms with Crippen molar-refractivity contribution in [3.8, 4) is 0 Å². The van der Waals surface area contributed by atoms with Crippen molar-refractivity contribution < 1.29 is 14.8 Å². The summed E-state index contributed by atoms with van der Waals surface area (Å²) in [7, 11) is 1.60. The van der Waals surface area contributed by atoms with Crippen molar-refractivity contribution in [3.63, 3.8) is 0 Å². The Kier molecular flexibility index (Phi) is 4.61. The number of hydrogen-bond acceptors (Lipinski definition) is 5. The van der Waals surface area contributed by atoms with Gasteiger partial charge in [-0.1, -0.05) is 0 Å². The van der Waals surface area contributed by atoms with E-state index in [1.165, 1.54) is 0 Å². The van der Waals surface area contributed by atoms with E-state index in [4.69, 9.17) is 4.74 Å². The summed E-state index contributed by atoms with van der Waals surface area (Å²) in [6, 6.07) is 0. The van der Waals surface area contributed by atoms with Gasteiger partial charge in [0.25, 0.3) is 0 Å². The highest BCUT2D eigenvalue weighted by molar-refractivity contribution is 5.78. The summed E-state index contributed by atoms with van der Waals surface area (Å²) in [6.07, 6.45) is 0.986. The quantitative estimate of drug-likeness (QED) is 0.280. The maximum Gasteiger partial charge on any atom is 0.343 e. The molecule has 15 heavy (non-hydrogen) atoms. The van der Waals surface area contributed by atoms with Gasteiger partial charge in [0.2, 0.25) is 0 Å². The van der Waals surface area contributed by atoms with Crippen LogP contribution in [0.3, 0.4) is 0 Å². The van der Waals surface area contributed by atoms with Crippen LogP contribution in [0.5, 0.6) is 0 Å². The highest BCUT2D eigenvalue weighted by Crippen LogP contribution is 2.10. The molecule has 0 aromatic rings. The van der Waals surface area contributed by atoms with Crippen molar-refractivity contribution >= 4 is 5.96 Å². The second-order valence-electron chi connectivity index (χ2n) is 3.11. The maximum atomic E-state index is 9.88. The van der Waals surface area contributed by atoms with Crippen LogP contribution in [-0.4, -0.2) is 37.9 Å². The van der Waals surface area contributed by atoms with Crippen molar-refractivity contribution in [2.24, 2.45) is 11.1 Å². The number of oxime groups is 1. The first-order valence-electron chi connectivity index (χ1n) is 4.61. The first-order valence-corrected chi connectivity index (χ1v) is 4.61. The molecule has 0 bridgehead atoms. The lowest BCUT2D eigenvalue weighted by Gasteiger charge is -2.08. The Morgan fingerprint density at radius 3 is 3.13 bits per heavy atom. The molecule has 1 atom stereocenters. The maximum absolute atomic E-state index is 9.88. The molecule has 1 heterocycles. The predicted molar refractivity (Wildman–Crippen MR) is 51.5 cm³/mol. The summed E-state index contributed by atoms with van der Waals surface area (Å²) < 4.78 is 5.18. The van der Waals surface area contributed by atoms with Crippen molar-refractivity contribution in [2.75, 3.05) is 26.8 Å². The number of hydrogen-bond donors (Lipinski definition) is 2. The molecule has 8 heteroatoms. The molecule has 0 aliphatic carbocycles. The van der Waals surface area contributed by atoms with E-state index in [2.05, 4.69) is 20.7 Å². The average Bonchev–Trinajstić information content (AvgIpc) is 2.70. The van der Waals surface area contributed by atoms with Crippen molar-refractivity contribution in [2.45, 2.75) is 6.42 Å². The number of guanidine groups is 1. The largest absolute Gasteiger partial charge is 0.381 e. The zero-order valence-corrected chi connectivity index (χ0v) is 8.43. The molecule has 0 aromatic heterocycles. The molecule has 1 aliphatic rings. The Morgan fingerprint density at radius 2 is 2.60 bits per heavy atom. The lowest BCUT2D eigenvalue weighted by Crippen LogP contribution is -2.38. The van der Waals surface area contributed by atoms with E-state index in [1.807, 2.05) is 0 Å². The zero-order chi connectivity index (χ0) is 11.1. The first kappa shape index (κ1) is 11.5. The lowest BCUT2D eigenvalue weighted by molar-refractivity contribution is -0.760. The summed E-state index contributed by atoms with van der Waals surface area (Å²) in [5.74, 6) is 0.651. The molecule has 0 saturated carbocycles. The number of nitrogens with zero attached hydrogens (tertiary/aromatic N) is 2. The molecule has 0 aromatic carbocycles. The van der Waals surface area contributed by atoms with Gasteiger partial charge >= 0.3 is 5.96 Å². The molecular weight excluding hydrogens is 204 g/mol. The monoisotopic (exact) mass is 218 g/mol. The molecular formula is C7H14N4O4.